The molecule has 1 aromatic rings. The summed E-state index contributed by atoms with van der Waals surface area (Å²) in [5, 5.41) is 13.8. The van der Waals surface area contributed by atoms with Crippen LogP contribution >= 0.6 is 0 Å². The number of amidine groups is 1. The highest BCUT2D eigenvalue weighted by atomic mass is 16.4. The SMILES string of the molecule is CC(C/C(N)=N/O)NC(=O)c1ccc(=O)[nH]c1. The number of H-pyrrole nitrogens is 1. The van der Waals surface area contributed by atoms with Gasteiger partial charge in [0, 0.05) is 24.7 Å². The quantitative estimate of drug-likeness (QED) is 0.247. The van der Waals surface area contributed by atoms with Crippen LogP contribution in [0.5, 0.6) is 0 Å². The van der Waals surface area contributed by atoms with Gasteiger partial charge in [0.25, 0.3) is 5.91 Å². The average Bonchev–Trinajstić information content (AvgIpc) is 2.29. The first kappa shape index (κ1) is 12.8. The Labute approximate surface area is 97.3 Å². The Balaban J connectivity index is 2.60. The third-order valence-corrected chi connectivity index (χ3v) is 2.07. The number of hydrogen-bond acceptors (Lipinski definition) is 4. The third kappa shape index (κ3) is 3.98. The van der Waals surface area contributed by atoms with Crippen molar-refractivity contribution >= 4 is 11.7 Å². The predicted octanol–water partition coefficient (Wildman–Crippen LogP) is -0.370. The van der Waals surface area contributed by atoms with Crippen LogP contribution in [0.15, 0.2) is 28.3 Å². The van der Waals surface area contributed by atoms with Crippen LogP contribution in [-0.4, -0.2) is 28.0 Å². The second-order valence-electron chi connectivity index (χ2n) is 3.61. The summed E-state index contributed by atoms with van der Waals surface area (Å²) >= 11 is 0. The van der Waals surface area contributed by atoms with Gasteiger partial charge in [-0.05, 0) is 13.0 Å². The Bertz CT molecular complexity index is 460. The number of aromatic amines is 1. The lowest BCUT2D eigenvalue weighted by Crippen LogP contribution is -2.36. The van der Waals surface area contributed by atoms with E-state index in [1.807, 2.05) is 0 Å². The highest BCUT2D eigenvalue weighted by Gasteiger charge is 2.11. The van der Waals surface area contributed by atoms with Crippen LogP contribution in [0.4, 0.5) is 0 Å². The lowest BCUT2D eigenvalue weighted by Gasteiger charge is -2.12. The number of pyridine rings is 1. The highest BCUT2D eigenvalue weighted by Crippen LogP contribution is 1.97. The molecule has 1 atom stereocenters. The summed E-state index contributed by atoms with van der Waals surface area (Å²) in [4.78, 5) is 24.9. The molecule has 0 fully saturated rings. The van der Waals surface area contributed by atoms with Crippen LogP contribution in [0.3, 0.4) is 0 Å². The third-order valence-electron chi connectivity index (χ3n) is 2.07. The molecule has 0 spiro atoms. The first-order valence-electron chi connectivity index (χ1n) is 4.99. The highest BCUT2D eigenvalue weighted by molar-refractivity contribution is 5.94. The van der Waals surface area contributed by atoms with Crippen molar-refractivity contribution in [2.75, 3.05) is 0 Å². The van der Waals surface area contributed by atoms with Gasteiger partial charge in [-0.2, -0.15) is 0 Å². The minimum absolute atomic E-state index is 0.0410. The van der Waals surface area contributed by atoms with Gasteiger partial charge >= 0.3 is 0 Å². The zero-order chi connectivity index (χ0) is 12.8. The number of aromatic nitrogens is 1. The van der Waals surface area contributed by atoms with Crippen molar-refractivity contribution in [2.45, 2.75) is 19.4 Å². The number of amides is 1. The van der Waals surface area contributed by atoms with Gasteiger partial charge in [0.05, 0.1) is 5.56 Å². The molecule has 1 amide bonds. The largest absolute Gasteiger partial charge is 0.409 e. The fraction of sp³-hybridized carbons (Fsp3) is 0.300. The van der Waals surface area contributed by atoms with E-state index in [1.165, 1.54) is 18.3 Å². The zero-order valence-corrected chi connectivity index (χ0v) is 9.30. The number of carbonyl (C=O) groups excluding carboxylic acids is 1. The molecule has 1 aromatic heterocycles. The van der Waals surface area contributed by atoms with Crippen molar-refractivity contribution in [3.63, 3.8) is 0 Å². The lowest BCUT2D eigenvalue weighted by atomic mass is 10.2. The van der Waals surface area contributed by atoms with E-state index in [2.05, 4.69) is 15.5 Å². The number of nitrogens with two attached hydrogens (primary N) is 1. The normalized spacial score (nSPS) is 13.1. The van der Waals surface area contributed by atoms with Gasteiger partial charge < -0.3 is 21.2 Å². The van der Waals surface area contributed by atoms with E-state index < -0.39 is 0 Å². The Morgan fingerprint density at radius 3 is 2.88 bits per heavy atom. The Hall–Kier alpha value is -2.31. The molecule has 7 heteroatoms. The van der Waals surface area contributed by atoms with Crippen molar-refractivity contribution in [2.24, 2.45) is 10.9 Å². The summed E-state index contributed by atoms with van der Waals surface area (Å²) in [5.74, 6) is -0.293. The van der Waals surface area contributed by atoms with Crippen LogP contribution in [-0.2, 0) is 0 Å². The molecule has 0 aliphatic heterocycles. The Kier molecular flexibility index (Phi) is 4.27. The summed E-state index contributed by atoms with van der Waals surface area (Å²) in [6, 6.07) is 2.42. The smallest absolute Gasteiger partial charge is 0.252 e. The number of nitrogens with zero attached hydrogens (tertiary/aromatic N) is 1. The summed E-state index contributed by atoms with van der Waals surface area (Å²) in [5.41, 5.74) is 5.38. The maximum atomic E-state index is 11.7. The van der Waals surface area contributed by atoms with Crippen LogP contribution in [0, 0.1) is 0 Å². The molecule has 92 valence electrons. The summed E-state index contributed by atoms with van der Waals surface area (Å²) in [7, 11) is 0. The van der Waals surface area contributed by atoms with E-state index in [9.17, 15) is 9.59 Å². The van der Waals surface area contributed by atoms with E-state index in [0.717, 1.165) is 0 Å². The fourth-order valence-electron chi connectivity index (χ4n) is 1.26. The van der Waals surface area contributed by atoms with Gasteiger partial charge in [-0.25, -0.2) is 0 Å². The van der Waals surface area contributed by atoms with Crippen LogP contribution in [0.1, 0.15) is 23.7 Å². The molecule has 0 aliphatic carbocycles. The lowest BCUT2D eigenvalue weighted by molar-refractivity contribution is 0.0940. The molecule has 1 rings (SSSR count). The molecule has 5 N–H and O–H groups in total. The van der Waals surface area contributed by atoms with Gasteiger partial charge in [0.15, 0.2) is 0 Å². The monoisotopic (exact) mass is 238 g/mol. The van der Waals surface area contributed by atoms with Crippen molar-refractivity contribution in [3.05, 3.63) is 34.2 Å². The molecular weight excluding hydrogens is 224 g/mol. The van der Waals surface area contributed by atoms with Crippen molar-refractivity contribution in [1.82, 2.24) is 10.3 Å². The van der Waals surface area contributed by atoms with Gasteiger partial charge in [-0.1, -0.05) is 5.16 Å². The maximum absolute atomic E-state index is 11.7. The van der Waals surface area contributed by atoms with E-state index in [4.69, 9.17) is 10.9 Å². The van der Waals surface area contributed by atoms with Crippen LogP contribution in [0.25, 0.3) is 0 Å². The second-order valence-corrected chi connectivity index (χ2v) is 3.61. The van der Waals surface area contributed by atoms with E-state index in [-0.39, 0.29) is 29.8 Å². The number of oxime groups is 1. The standard InChI is InChI=1S/C10H14N4O3/c1-6(4-8(11)14-17)13-10(16)7-2-3-9(15)12-5-7/h2-3,5-6,17H,4H2,1H3,(H2,11,14)(H,12,15)(H,13,16). The number of rotatable bonds is 4. The number of nitrogens with one attached hydrogen (secondary N) is 2. The Morgan fingerprint density at radius 2 is 2.35 bits per heavy atom. The second kappa shape index (κ2) is 5.69. The molecule has 0 bridgehead atoms. The topological polar surface area (TPSA) is 121 Å². The molecule has 0 aromatic carbocycles. The molecule has 1 unspecified atom stereocenters. The molecule has 0 radical (unpaired) electrons. The van der Waals surface area contributed by atoms with E-state index in [1.54, 1.807) is 6.92 Å². The van der Waals surface area contributed by atoms with Crippen LogP contribution in [0.2, 0.25) is 0 Å². The zero-order valence-electron chi connectivity index (χ0n) is 9.30. The summed E-state index contributed by atoms with van der Waals surface area (Å²) < 4.78 is 0. The minimum atomic E-state index is -0.334. The molecule has 17 heavy (non-hydrogen) atoms. The first-order valence-corrected chi connectivity index (χ1v) is 4.99. The van der Waals surface area contributed by atoms with Gasteiger partial charge in [0.2, 0.25) is 5.56 Å². The summed E-state index contributed by atoms with van der Waals surface area (Å²) in [6.07, 6.45) is 1.57. The molecule has 1 heterocycles. The van der Waals surface area contributed by atoms with Crippen LogP contribution < -0.4 is 16.6 Å². The maximum Gasteiger partial charge on any atom is 0.252 e. The fourth-order valence-corrected chi connectivity index (χ4v) is 1.26. The van der Waals surface area contributed by atoms with E-state index in [0.29, 0.717) is 5.56 Å². The minimum Gasteiger partial charge on any atom is -0.409 e. The van der Waals surface area contributed by atoms with Gasteiger partial charge in [-0.3, -0.25) is 9.59 Å². The molecule has 0 saturated heterocycles. The molecular formula is C10H14N4O3. The van der Waals surface area contributed by atoms with Crippen molar-refractivity contribution in [1.29, 1.82) is 0 Å². The van der Waals surface area contributed by atoms with E-state index >= 15 is 0 Å². The molecule has 0 saturated carbocycles. The number of carbonyl (C=O) groups is 1. The molecule has 0 aliphatic rings. The van der Waals surface area contributed by atoms with Gasteiger partial charge in [-0.15, -0.1) is 0 Å². The molecule has 7 nitrogen and oxygen atoms in total. The first-order chi connectivity index (χ1) is 8.02. The number of hydrogen-bond donors (Lipinski definition) is 4. The Morgan fingerprint density at radius 1 is 1.65 bits per heavy atom. The van der Waals surface area contributed by atoms with Crippen molar-refractivity contribution < 1.29 is 10.0 Å². The van der Waals surface area contributed by atoms with Crippen molar-refractivity contribution in [3.8, 4) is 0 Å². The predicted molar refractivity (Wildman–Crippen MR) is 62.0 cm³/mol. The summed E-state index contributed by atoms with van der Waals surface area (Å²) in [6.45, 7) is 1.72. The van der Waals surface area contributed by atoms with Gasteiger partial charge in [0.1, 0.15) is 5.84 Å². The average molecular weight is 238 g/mol.